The number of amides is 1. The van der Waals surface area contributed by atoms with E-state index in [1.807, 2.05) is 0 Å². The van der Waals surface area contributed by atoms with E-state index >= 15 is 0 Å². The van der Waals surface area contributed by atoms with Crippen LogP contribution < -0.4 is 14.8 Å². The number of carbonyl (C=O) groups is 2. The summed E-state index contributed by atoms with van der Waals surface area (Å²) in [5.74, 6) is -1.23. The molecular weight excluding hydrogens is 467 g/mol. The number of nitrogens with one attached hydrogen (secondary N) is 1. The lowest BCUT2D eigenvalue weighted by Crippen LogP contribution is -2.36. The fraction of sp³-hybridized carbons (Fsp3) is 0.391. The number of sulfonamides is 1. The van der Waals surface area contributed by atoms with Gasteiger partial charge in [-0.3, -0.25) is 4.79 Å². The number of rotatable bonds is 7. The molecule has 0 bridgehead atoms. The molecule has 1 fully saturated rings. The topological polar surface area (TPSA) is 111 Å². The van der Waals surface area contributed by atoms with E-state index in [1.54, 1.807) is 25.1 Å². The molecule has 34 heavy (non-hydrogen) atoms. The van der Waals surface area contributed by atoms with Gasteiger partial charge in [-0.25, -0.2) is 17.6 Å². The van der Waals surface area contributed by atoms with Crippen molar-refractivity contribution in [2.75, 3.05) is 26.5 Å². The molecule has 1 amide bonds. The van der Waals surface area contributed by atoms with Gasteiger partial charge in [0.15, 0.2) is 18.1 Å². The smallest absolute Gasteiger partial charge is 0.338 e. The van der Waals surface area contributed by atoms with Crippen molar-refractivity contribution in [2.24, 2.45) is 0 Å². The van der Waals surface area contributed by atoms with E-state index in [4.69, 9.17) is 14.2 Å². The van der Waals surface area contributed by atoms with Crippen LogP contribution in [0.5, 0.6) is 11.5 Å². The highest BCUT2D eigenvalue weighted by Gasteiger charge is 2.29. The van der Waals surface area contributed by atoms with E-state index in [1.165, 1.54) is 4.31 Å². The lowest BCUT2D eigenvalue weighted by Gasteiger charge is -2.26. The lowest BCUT2D eigenvalue weighted by atomic mass is 10.1. The van der Waals surface area contributed by atoms with E-state index in [-0.39, 0.29) is 12.4 Å². The first-order valence-corrected chi connectivity index (χ1v) is 12.4. The summed E-state index contributed by atoms with van der Waals surface area (Å²) >= 11 is 0. The second-order valence-corrected chi connectivity index (χ2v) is 9.99. The van der Waals surface area contributed by atoms with Crippen LogP contribution >= 0.6 is 0 Å². The van der Waals surface area contributed by atoms with Crippen molar-refractivity contribution in [1.82, 2.24) is 9.62 Å². The number of carbonyl (C=O) groups excluding carboxylic acids is 2. The third-order valence-electron chi connectivity index (χ3n) is 5.71. The third-order valence-corrected chi connectivity index (χ3v) is 7.62. The van der Waals surface area contributed by atoms with Gasteiger partial charge in [0, 0.05) is 13.1 Å². The minimum atomic E-state index is -4.08. The molecule has 2 aromatic carbocycles. The Labute approximate surface area is 196 Å². The molecule has 9 nitrogen and oxygen atoms in total. The summed E-state index contributed by atoms with van der Waals surface area (Å²) in [6, 6.07) is 7.87. The van der Waals surface area contributed by atoms with Crippen molar-refractivity contribution in [3.8, 4) is 11.5 Å². The molecule has 0 spiro atoms. The molecule has 2 heterocycles. The van der Waals surface area contributed by atoms with E-state index in [0.717, 1.165) is 30.2 Å². The molecule has 0 aliphatic carbocycles. The average Bonchev–Trinajstić information content (AvgIpc) is 3.31. The zero-order valence-electron chi connectivity index (χ0n) is 18.6. The zero-order chi connectivity index (χ0) is 24.3. The molecule has 0 saturated carbocycles. The predicted molar refractivity (Wildman–Crippen MR) is 118 cm³/mol. The molecule has 1 N–H and O–H groups in total. The Morgan fingerprint density at radius 3 is 2.59 bits per heavy atom. The SMILES string of the molecule is CC(NC(=O)COC(=O)c1ccc(F)c(S(=O)(=O)N2CCCCC2)c1)c1ccc2c(c1)OCO2. The quantitative estimate of drug-likeness (QED) is 0.592. The predicted octanol–water partition coefficient (Wildman–Crippen LogP) is 2.76. The van der Waals surface area contributed by atoms with Gasteiger partial charge in [0.25, 0.3) is 5.91 Å². The number of fused-ring (bicyclic) bond motifs is 1. The second-order valence-electron chi connectivity index (χ2n) is 8.09. The van der Waals surface area contributed by atoms with E-state index in [2.05, 4.69) is 5.32 Å². The first-order valence-electron chi connectivity index (χ1n) is 10.9. The molecular formula is C23H25FN2O7S. The van der Waals surface area contributed by atoms with Crippen LogP contribution in [0.15, 0.2) is 41.3 Å². The second kappa shape index (κ2) is 9.98. The summed E-state index contributed by atoms with van der Waals surface area (Å²) < 4.78 is 56.8. The van der Waals surface area contributed by atoms with Gasteiger partial charge in [-0.1, -0.05) is 12.5 Å². The fourth-order valence-electron chi connectivity index (χ4n) is 3.84. The lowest BCUT2D eigenvalue weighted by molar-refractivity contribution is -0.124. The molecule has 1 atom stereocenters. The number of piperidine rings is 1. The van der Waals surface area contributed by atoms with Crippen molar-refractivity contribution in [1.29, 1.82) is 0 Å². The molecule has 0 radical (unpaired) electrons. The number of ether oxygens (including phenoxy) is 3. The summed E-state index contributed by atoms with van der Waals surface area (Å²) in [6.45, 7) is 1.92. The van der Waals surface area contributed by atoms with Gasteiger partial charge in [0.2, 0.25) is 16.8 Å². The Balaban J connectivity index is 1.37. The molecule has 1 saturated heterocycles. The van der Waals surface area contributed by atoms with Gasteiger partial charge in [-0.15, -0.1) is 0 Å². The fourth-order valence-corrected chi connectivity index (χ4v) is 5.44. The molecule has 0 aromatic heterocycles. The van der Waals surface area contributed by atoms with Crippen LogP contribution in [0, 0.1) is 5.82 Å². The maximum absolute atomic E-state index is 14.3. The Morgan fingerprint density at radius 2 is 1.82 bits per heavy atom. The maximum atomic E-state index is 14.3. The van der Waals surface area contributed by atoms with Crippen LogP contribution in [-0.2, 0) is 19.6 Å². The normalized spacial score (nSPS) is 16.6. The van der Waals surface area contributed by atoms with Crippen LogP contribution in [0.1, 0.15) is 48.1 Å². The molecule has 182 valence electrons. The number of benzene rings is 2. The van der Waals surface area contributed by atoms with Crippen molar-refractivity contribution < 1.29 is 36.6 Å². The van der Waals surface area contributed by atoms with E-state index < -0.39 is 45.3 Å². The molecule has 4 rings (SSSR count). The van der Waals surface area contributed by atoms with Crippen molar-refractivity contribution in [2.45, 2.75) is 37.1 Å². The number of hydrogen-bond acceptors (Lipinski definition) is 7. The zero-order valence-corrected chi connectivity index (χ0v) is 19.4. The largest absolute Gasteiger partial charge is 0.454 e. The van der Waals surface area contributed by atoms with Crippen molar-refractivity contribution in [3.63, 3.8) is 0 Å². The third kappa shape index (κ3) is 5.15. The minimum absolute atomic E-state index is 0.139. The first kappa shape index (κ1) is 24.0. The summed E-state index contributed by atoms with van der Waals surface area (Å²) in [6.07, 6.45) is 2.31. The maximum Gasteiger partial charge on any atom is 0.338 e. The summed E-state index contributed by atoms with van der Waals surface area (Å²) in [4.78, 5) is 24.1. The van der Waals surface area contributed by atoms with Gasteiger partial charge < -0.3 is 19.5 Å². The number of halogens is 1. The van der Waals surface area contributed by atoms with Crippen LogP contribution in [0.25, 0.3) is 0 Å². The highest BCUT2D eigenvalue weighted by atomic mass is 32.2. The highest BCUT2D eigenvalue weighted by molar-refractivity contribution is 7.89. The Bertz CT molecular complexity index is 1200. The van der Waals surface area contributed by atoms with E-state index in [0.29, 0.717) is 37.4 Å². The van der Waals surface area contributed by atoms with Crippen molar-refractivity contribution >= 4 is 21.9 Å². The first-order chi connectivity index (χ1) is 16.3. The molecule has 2 aromatic rings. The van der Waals surface area contributed by atoms with Crippen molar-refractivity contribution in [3.05, 3.63) is 53.3 Å². The van der Waals surface area contributed by atoms with Crippen LogP contribution in [-0.4, -0.2) is 51.1 Å². The average molecular weight is 493 g/mol. The van der Waals surface area contributed by atoms with E-state index in [9.17, 15) is 22.4 Å². The summed E-state index contributed by atoms with van der Waals surface area (Å²) in [7, 11) is -4.08. The number of nitrogens with zero attached hydrogens (tertiary/aromatic N) is 1. The summed E-state index contributed by atoms with van der Waals surface area (Å²) in [5.41, 5.74) is 0.614. The van der Waals surface area contributed by atoms with Crippen LogP contribution in [0.4, 0.5) is 4.39 Å². The minimum Gasteiger partial charge on any atom is -0.454 e. The van der Waals surface area contributed by atoms with Crippen LogP contribution in [0.2, 0.25) is 0 Å². The molecule has 11 heteroatoms. The Kier molecular flexibility index (Phi) is 7.03. The molecule has 2 aliphatic rings. The number of hydrogen-bond donors (Lipinski definition) is 1. The van der Waals surface area contributed by atoms with Gasteiger partial charge in [0.1, 0.15) is 10.7 Å². The standard InChI is InChI=1S/C23H25FN2O7S/c1-15(16-6-8-19-20(11-16)33-14-32-19)25-22(27)13-31-23(28)17-5-7-18(24)21(12-17)34(29,30)26-9-3-2-4-10-26/h5-8,11-12,15H,2-4,9-10,13-14H2,1H3,(H,25,27). The van der Waals surface area contributed by atoms with Crippen LogP contribution in [0.3, 0.4) is 0 Å². The number of esters is 1. The highest BCUT2D eigenvalue weighted by Crippen LogP contribution is 2.34. The van der Waals surface area contributed by atoms with Gasteiger partial charge in [0.05, 0.1) is 11.6 Å². The van der Waals surface area contributed by atoms with Gasteiger partial charge >= 0.3 is 5.97 Å². The van der Waals surface area contributed by atoms with Gasteiger partial charge in [-0.2, -0.15) is 4.31 Å². The monoisotopic (exact) mass is 492 g/mol. The Hall–Kier alpha value is -3.18. The molecule has 2 aliphatic heterocycles. The Morgan fingerprint density at radius 1 is 1.09 bits per heavy atom. The summed E-state index contributed by atoms with van der Waals surface area (Å²) in [5, 5.41) is 2.71. The van der Waals surface area contributed by atoms with Gasteiger partial charge in [-0.05, 0) is 55.7 Å². The molecule has 1 unspecified atom stereocenters.